The van der Waals surface area contributed by atoms with E-state index in [9.17, 15) is 9.90 Å². The quantitative estimate of drug-likeness (QED) is 0.764. The number of carbonyl (C=O) groups excluding carboxylic acids is 1. The number of fused-ring (bicyclic) bond motifs is 1. The van der Waals surface area contributed by atoms with Gasteiger partial charge in [-0.1, -0.05) is 0 Å². The average Bonchev–Trinajstić information content (AvgIpc) is 3.10. The lowest BCUT2D eigenvalue weighted by Crippen LogP contribution is -2.31. The van der Waals surface area contributed by atoms with Crippen LogP contribution in [0.5, 0.6) is 0 Å². The first kappa shape index (κ1) is 12.0. The highest BCUT2D eigenvalue weighted by Gasteiger charge is 2.25. The molecule has 3 rings (SSSR count). The van der Waals surface area contributed by atoms with Crippen molar-refractivity contribution in [3.8, 4) is 0 Å². The molecular weight excluding hydrogens is 246 g/mol. The van der Waals surface area contributed by atoms with Crippen LogP contribution < -0.4 is 5.32 Å². The topological polar surface area (TPSA) is 91.2 Å². The van der Waals surface area contributed by atoms with E-state index in [-0.39, 0.29) is 12.5 Å². The molecule has 0 aliphatic heterocycles. The van der Waals surface area contributed by atoms with Gasteiger partial charge in [-0.05, 0) is 31.4 Å². The third-order valence-electron chi connectivity index (χ3n) is 3.40. The van der Waals surface area contributed by atoms with E-state index in [1.165, 1.54) is 6.26 Å². The smallest absolute Gasteiger partial charge is 0.272 e. The van der Waals surface area contributed by atoms with Crippen LogP contribution in [0.1, 0.15) is 40.0 Å². The summed E-state index contributed by atoms with van der Waals surface area (Å²) < 4.78 is 5.19. The van der Waals surface area contributed by atoms with Crippen LogP contribution in [-0.2, 0) is 12.8 Å². The van der Waals surface area contributed by atoms with Gasteiger partial charge in [-0.25, -0.2) is 0 Å². The molecule has 1 aliphatic carbocycles. The molecular formula is C13H15N3O3. The number of aromatic amines is 1. The Morgan fingerprint density at radius 3 is 3.21 bits per heavy atom. The van der Waals surface area contributed by atoms with Crippen molar-refractivity contribution in [2.24, 2.45) is 0 Å². The van der Waals surface area contributed by atoms with Crippen molar-refractivity contribution in [2.75, 3.05) is 6.61 Å². The first-order valence-electron chi connectivity index (χ1n) is 6.31. The fourth-order valence-electron chi connectivity index (χ4n) is 2.43. The van der Waals surface area contributed by atoms with E-state index in [1.807, 2.05) is 0 Å². The van der Waals surface area contributed by atoms with Gasteiger partial charge in [0.05, 0.1) is 12.9 Å². The summed E-state index contributed by atoms with van der Waals surface area (Å²) >= 11 is 0. The number of aliphatic hydroxyl groups excluding tert-OH is 1. The van der Waals surface area contributed by atoms with Gasteiger partial charge in [0.15, 0.2) is 5.69 Å². The molecule has 3 N–H and O–H groups in total. The number of carbonyl (C=O) groups is 1. The number of aryl methyl sites for hydroxylation is 1. The molecule has 0 bridgehead atoms. The molecule has 0 fully saturated rings. The molecule has 100 valence electrons. The van der Waals surface area contributed by atoms with Crippen LogP contribution in [0.15, 0.2) is 22.8 Å². The highest BCUT2D eigenvalue weighted by Crippen LogP contribution is 2.23. The standard InChI is InChI=1S/C13H15N3O3/c17-7-10(11-5-2-6-19-11)14-13(18)12-8-3-1-4-9(8)15-16-12/h2,5-6,10,17H,1,3-4,7H2,(H,14,18)(H,15,16). The monoisotopic (exact) mass is 261 g/mol. The number of amides is 1. The summed E-state index contributed by atoms with van der Waals surface area (Å²) in [5, 5.41) is 19.0. The first-order chi connectivity index (χ1) is 9.29. The number of furan rings is 1. The van der Waals surface area contributed by atoms with Gasteiger partial charge in [0.1, 0.15) is 11.8 Å². The predicted octanol–water partition coefficient (Wildman–Crippen LogP) is 0.955. The van der Waals surface area contributed by atoms with E-state index in [2.05, 4.69) is 15.5 Å². The summed E-state index contributed by atoms with van der Waals surface area (Å²) in [5.74, 6) is 0.248. The van der Waals surface area contributed by atoms with Gasteiger partial charge in [-0.3, -0.25) is 9.89 Å². The van der Waals surface area contributed by atoms with Crippen molar-refractivity contribution in [2.45, 2.75) is 25.3 Å². The van der Waals surface area contributed by atoms with Crippen molar-refractivity contribution in [3.63, 3.8) is 0 Å². The molecule has 1 atom stereocenters. The van der Waals surface area contributed by atoms with E-state index >= 15 is 0 Å². The second-order valence-electron chi connectivity index (χ2n) is 4.61. The summed E-state index contributed by atoms with van der Waals surface area (Å²) in [4.78, 5) is 12.2. The van der Waals surface area contributed by atoms with Crippen LogP contribution >= 0.6 is 0 Å². The molecule has 0 aromatic carbocycles. The van der Waals surface area contributed by atoms with Gasteiger partial charge >= 0.3 is 0 Å². The Kier molecular flexibility index (Phi) is 3.08. The van der Waals surface area contributed by atoms with Gasteiger partial charge in [-0.2, -0.15) is 5.10 Å². The fraction of sp³-hybridized carbons (Fsp3) is 0.385. The summed E-state index contributed by atoms with van der Waals surface area (Å²) in [5.41, 5.74) is 2.47. The van der Waals surface area contributed by atoms with Crippen molar-refractivity contribution in [3.05, 3.63) is 41.1 Å². The Morgan fingerprint density at radius 1 is 1.58 bits per heavy atom. The molecule has 19 heavy (non-hydrogen) atoms. The molecule has 0 spiro atoms. The van der Waals surface area contributed by atoms with Gasteiger partial charge in [0.25, 0.3) is 5.91 Å². The average molecular weight is 261 g/mol. The predicted molar refractivity (Wildman–Crippen MR) is 66.6 cm³/mol. The van der Waals surface area contributed by atoms with Crippen LogP contribution in [0.2, 0.25) is 0 Å². The number of nitrogens with zero attached hydrogens (tertiary/aromatic N) is 1. The summed E-state index contributed by atoms with van der Waals surface area (Å²) in [7, 11) is 0. The molecule has 1 aliphatic rings. The van der Waals surface area contributed by atoms with Crippen LogP contribution in [-0.4, -0.2) is 27.8 Å². The number of rotatable bonds is 4. The minimum atomic E-state index is -0.545. The molecule has 6 heteroatoms. The molecule has 1 amide bonds. The normalized spacial score (nSPS) is 15.2. The second kappa shape index (κ2) is 4.89. The maximum absolute atomic E-state index is 12.2. The molecule has 6 nitrogen and oxygen atoms in total. The minimum absolute atomic E-state index is 0.216. The molecule has 0 radical (unpaired) electrons. The van der Waals surface area contributed by atoms with E-state index in [0.717, 1.165) is 30.5 Å². The minimum Gasteiger partial charge on any atom is -0.467 e. The Balaban J connectivity index is 1.77. The van der Waals surface area contributed by atoms with Crippen LogP contribution in [0.4, 0.5) is 0 Å². The van der Waals surface area contributed by atoms with Crippen molar-refractivity contribution >= 4 is 5.91 Å². The summed E-state index contributed by atoms with van der Waals surface area (Å²) in [6.45, 7) is -0.216. The maximum atomic E-state index is 12.2. The highest BCUT2D eigenvalue weighted by atomic mass is 16.3. The third kappa shape index (κ3) is 2.15. The second-order valence-corrected chi connectivity index (χ2v) is 4.61. The number of hydrogen-bond donors (Lipinski definition) is 3. The zero-order valence-electron chi connectivity index (χ0n) is 10.3. The third-order valence-corrected chi connectivity index (χ3v) is 3.40. The Bertz CT molecular complexity index is 574. The zero-order valence-corrected chi connectivity index (χ0v) is 10.3. The number of hydrogen-bond acceptors (Lipinski definition) is 4. The maximum Gasteiger partial charge on any atom is 0.272 e. The first-order valence-corrected chi connectivity index (χ1v) is 6.31. The van der Waals surface area contributed by atoms with Crippen LogP contribution in [0, 0.1) is 0 Å². The van der Waals surface area contributed by atoms with Gasteiger partial charge in [0.2, 0.25) is 0 Å². The van der Waals surface area contributed by atoms with E-state index in [1.54, 1.807) is 12.1 Å². The summed E-state index contributed by atoms with van der Waals surface area (Å²) in [6.07, 6.45) is 4.37. The number of aliphatic hydroxyl groups is 1. The Hall–Kier alpha value is -2.08. The van der Waals surface area contributed by atoms with E-state index in [0.29, 0.717) is 11.5 Å². The number of nitrogens with one attached hydrogen (secondary N) is 2. The molecule has 0 saturated carbocycles. The lowest BCUT2D eigenvalue weighted by atomic mass is 10.1. The molecule has 2 aromatic heterocycles. The van der Waals surface area contributed by atoms with E-state index in [4.69, 9.17) is 4.42 Å². The number of aromatic nitrogens is 2. The van der Waals surface area contributed by atoms with Crippen molar-refractivity contribution in [1.29, 1.82) is 0 Å². The van der Waals surface area contributed by atoms with Crippen molar-refractivity contribution < 1.29 is 14.3 Å². The van der Waals surface area contributed by atoms with Crippen LogP contribution in [0.25, 0.3) is 0 Å². The van der Waals surface area contributed by atoms with Gasteiger partial charge in [0, 0.05) is 11.3 Å². The largest absolute Gasteiger partial charge is 0.467 e. The summed E-state index contributed by atoms with van der Waals surface area (Å²) in [6, 6.07) is 2.89. The molecule has 0 saturated heterocycles. The molecule has 2 heterocycles. The van der Waals surface area contributed by atoms with E-state index < -0.39 is 6.04 Å². The Morgan fingerprint density at radius 2 is 2.47 bits per heavy atom. The lowest BCUT2D eigenvalue weighted by molar-refractivity contribution is 0.0901. The van der Waals surface area contributed by atoms with Gasteiger partial charge in [-0.15, -0.1) is 0 Å². The lowest BCUT2D eigenvalue weighted by Gasteiger charge is -2.13. The molecule has 1 unspecified atom stereocenters. The fourth-order valence-corrected chi connectivity index (χ4v) is 2.43. The highest BCUT2D eigenvalue weighted by molar-refractivity contribution is 5.94. The zero-order chi connectivity index (χ0) is 13.2. The van der Waals surface area contributed by atoms with Crippen molar-refractivity contribution in [1.82, 2.24) is 15.5 Å². The Labute approximate surface area is 109 Å². The number of H-pyrrole nitrogens is 1. The van der Waals surface area contributed by atoms with Gasteiger partial charge < -0.3 is 14.8 Å². The molecule has 2 aromatic rings. The SMILES string of the molecule is O=C(NC(CO)c1ccco1)c1n[nH]c2c1CCC2. The van der Waals surface area contributed by atoms with Crippen LogP contribution in [0.3, 0.4) is 0 Å².